The quantitative estimate of drug-likeness (QED) is 0.875. The van der Waals surface area contributed by atoms with Crippen molar-refractivity contribution < 1.29 is 4.79 Å². The normalized spacial score (nSPS) is 17.0. The number of hydrogen-bond donors (Lipinski definition) is 1. The van der Waals surface area contributed by atoms with Gasteiger partial charge in [0, 0.05) is 31.9 Å². The Kier molecular flexibility index (Phi) is 5.44. The highest BCUT2D eigenvalue weighted by atomic mass is 35.5. The number of nitrogens with zero attached hydrogens (tertiary/aromatic N) is 2. The largest absolute Gasteiger partial charge is 0.368 e. The molecule has 1 saturated heterocycles. The summed E-state index contributed by atoms with van der Waals surface area (Å²) in [5, 5.41) is 0. The number of anilines is 1. The third kappa shape index (κ3) is 3.37. The van der Waals surface area contributed by atoms with E-state index in [9.17, 15) is 4.79 Å². The summed E-state index contributed by atoms with van der Waals surface area (Å²) in [5.74, 6) is 0.0534. The van der Waals surface area contributed by atoms with E-state index in [1.165, 1.54) is 5.69 Å². The predicted molar refractivity (Wildman–Crippen MR) is 76.1 cm³/mol. The first-order chi connectivity index (χ1) is 8.18. The zero-order chi connectivity index (χ0) is 12.3. The Hall–Kier alpha value is -1.26. The zero-order valence-electron chi connectivity index (χ0n) is 10.6. The minimum atomic E-state index is -0.390. The van der Waals surface area contributed by atoms with Gasteiger partial charge in [-0.15, -0.1) is 12.4 Å². The average molecular weight is 270 g/mol. The van der Waals surface area contributed by atoms with Crippen LogP contribution in [0.3, 0.4) is 0 Å². The maximum absolute atomic E-state index is 11.7. The lowest BCUT2D eigenvalue weighted by Crippen LogP contribution is -2.52. The molecule has 4 nitrogen and oxygen atoms in total. The molecule has 1 unspecified atom stereocenters. The topological polar surface area (TPSA) is 49.6 Å². The van der Waals surface area contributed by atoms with E-state index in [0.717, 1.165) is 26.2 Å². The molecule has 1 aliphatic heterocycles. The average Bonchev–Trinajstić information content (AvgIpc) is 2.39. The molecule has 1 fully saturated rings. The van der Waals surface area contributed by atoms with Crippen LogP contribution in [0.25, 0.3) is 0 Å². The summed E-state index contributed by atoms with van der Waals surface area (Å²) in [6.45, 7) is 5.02. The predicted octanol–water partition coefficient (Wildman–Crippen LogP) is 1.10. The second-order valence-corrected chi connectivity index (χ2v) is 4.44. The van der Waals surface area contributed by atoms with Gasteiger partial charge in [-0.3, -0.25) is 4.79 Å². The van der Waals surface area contributed by atoms with E-state index in [1.54, 1.807) is 6.92 Å². The van der Waals surface area contributed by atoms with Crippen LogP contribution < -0.4 is 10.6 Å². The van der Waals surface area contributed by atoms with Gasteiger partial charge in [-0.25, -0.2) is 0 Å². The number of rotatable bonds is 2. The molecule has 1 aliphatic rings. The number of carbonyl (C=O) groups is 1. The van der Waals surface area contributed by atoms with Crippen molar-refractivity contribution in [1.82, 2.24) is 4.90 Å². The number of carbonyl (C=O) groups excluding carboxylic acids is 1. The van der Waals surface area contributed by atoms with Crippen LogP contribution in [-0.2, 0) is 4.79 Å². The lowest BCUT2D eigenvalue weighted by Gasteiger charge is -2.36. The van der Waals surface area contributed by atoms with Crippen LogP contribution in [0.4, 0.5) is 5.69 Å². The van der Waals surface area contributed by atoms with E-state index in [2.05, 4.69) is 17.0 Å². The summed E-state index contributed by atoms with van der Waals surface area (Å²) in [6.07, 6.45) is 0. The minimum absolute atomic E-state index is 0. The molecule has 5 heteroatoms. The summed E-state index contributed by atoms with van der Waals surface area (Å²) in [4.78, 5) is 15.9. The maximum atomic E-state index is 11.7. The lowest BCUT2D eigenvalue weighted by atomic mass is 10.2. The molecule has 1 amide bonds. The van der Waals surface area contributed by atoms with Crippen molar-refractivity contribution in [1.29, 1.82) is 0 Å². The third-order valence-corrected chi connectivity index (χ3v) is 3.10. The summed E-state index contributed by atoms with van der Waals surface area (Å²) in [6, 6.07) is 9.90. The van der Waals surface area contributed by atoms with Crippen molar-refractivity contribution in [3.63, 3.8) is 0 Å². The van der Waals surface area contributed by atoms with Crippen molar-refractivity contribution >= 4 is 24.0 Å². The fraction of sp³-hybridized carbons (Fsp3) is 0.462. The van der Waals surface area contributed by atoms with E-state index < -0.39 is 6.04 Å². The molecule has 1 atom stereocenters. The zero-order valence-corrected chi connectivity index (χ0v) is 11.4. The molecule has 0 aromatic heterocycles. The summed E-state index contributed by atoms with van der Waals surface area (Å²) < 4.78 is 0. The van der Waals surface area contributed by atoms with Crippen LogP contribution in [0.5, 0.6) is 0 Å². The molecule has 1 aromatic carbocycles. The number of benzene rings is 1. The second-order valence-electron chi connectivity index (χ2n) is 4.44. The Morgan fingerprint density at radius 2 is 1.72 bits per heavy atom. The molecule has 0 saturated carbocycles. The molecule has 1 aromatic rings. The van der Waals surface area contributed by atoms with E-state index >= 15 is 0 Å². The highest BCUT2D eigenvalue weighted by Gasteiger charge is 2.22. The summed E-state index contributed by atoms with van der Waals surface area (Å²) in [7, 11) is 0. The second kappa shape index (κ2) is 6.61. The van der Waals surface area contributed by atoms with Crippen molar-refractivity contribution in [2.24, 2.45) is 5.73 Å². The molecule has 100 valence electrons. The van der Waals surface area contributed by atoms with Gasteiger partial charge in [0.15, 0.2) is 0 Å². The summed E-state index contributed by atoms with van der Waals surface area (Å²) in [5.41, 5.74) is 6.83. The molecule has 0 bridgehead atoms. The standard InChI is InChI=1S/C13H19N3O.ClH/c1-11(14)13(17)16-9-7-15(8-10-16)12-5-3-2-4-6-12;/h2-6,11H,7-10,14H2,1H3;1H. The van der Waals surface area contributed by atoms with Gasteiger partial charge in [0.05, 0.1) is 6.04 Å². The number of amides is 1. The van der Waals surface area contributed by atoms with Crippen LogP contribution in [0, 0.1) is 0 Å². The Balaban J connectivity index is 0.00000162. The summed E-state index contributed by atoms with van der Waals surface area (Å²) >= 11 is 0. The molecule has 2 N–H and O–H groups in total. The van der Waals surface area contributed by atoms with Gasteiger partial charge in [-0.05, 0) is 19.1 Å². The van der Waals surface area contributed by atoms with Gasteiger partial charge in [0.1, 0.15) is 0 Å². The number of nitrogens with two attached hydrogens (primary N) is 1. The lowest BCUT2D eigenvalue weighted by molar-refractivity contribution is -0.132. The first kappa shape index (κ1) is 14.8. The van der Waals surface area contributed by atoms with Gasteiger partial charge in [-0.1, -0.05) is 18.2 Å². The molecule has 0 spiro atoms. The van der Waals surface area contributed by atoms with Gasteiger partial charge in [0.25, 0.3) is 0 Å². The van der Waals surface area contributed by atoms with Crippen LogP contribution >= 0.6 is 12.4 Å². The Labute approximate surface area is 114 Å². The molecule has 2 rings (SSSR count). The fourth-order valence-corrected chi connectivity index (χ4v) is 2.11. The number of hydrogen-bond acceptors (Lipinski definition) is 3. The Morgan fingerprint density at radius 1 is 1.17 bits per heavy atom. The monoisotopic (exact) mass is 269 g/mol. The Morgan fingerprint density at radius 3 is 2.22 bits per heavy atom. The number of para-hydroxylation sites is 1. The molecule has 18 heavy (non-hydrogen) atoms. The van der Waals surface area contributed by atoms with E-state index in [1.807, 2.05) is 23.1 Å². The van der Waals surface area contributed by atoms with Gasteiger partial charge in [0.2, 0.25) is 5.91 Å². The minimum Gasteiger partial charge on any atom is -0.368 e. The Bertz CT molecular complexity index is 375. The van der Waals surface area contributed by atoms with Crippen molar-refractivity contribution in [3.05, 3.63) is 30.3 Å². The van der Waals surface area contributed by atoms with Crippen molar-refractivity contribution in [2.45, 2.75) is 13.0 Å². The highest BCUT2D eigenvalue weighted by molar-refractivity contribution is 5.85. The first-order valence-electron chi connectivity index (χ1n) is 6.03. The van der Waals surface area contributed by atoms with Gasteiger partial charge >= 0.3 is 0 Å². The SMILES string of the molecule is CC(N)C(=O)N1CCN(c2ccccc2)CC1.Cl. The first-order valence-corrected chi connectivity index (χ1v) is 6.03. The van der Waals surface area contributed by atoms with Crippen LogP contribution in [0.15, 0.2) is 30.3 Å². The molecule has 1 heterocycles. The highest BCUT2D eigenvalue weighted by Crippen LogP contribution is 2.15. The van der Waals surface area contributed by atoms with Crippen molar-refractivity contribution in [2.75, 3.05) is 31.1 Å². The molecule has 0 radical (unpaired) electrons. The molecule has 0 aliphatic carbocycles. The maximum Gasteiger partial charge on any atom is 0.239 e. The number of piperazine rings is 1. The van der Waals surface area contributed by atoms with Gasteiger partial charge in [-0.2, -0.15) is 0 Å². The van der Waals surface area contributed by atoms with E-state index in [-0.39, 0.29) is 18.3 Å². The molecular formula is C13H20ClN3O. The molecular weight excluding hydrogens is 250 g/mol. The van der Waals surface area contributed by atoms with Crippen LogP contribution in [0.1, 0.15) is 6.92 Å². The van der Waals surface area contributed by atoms with E-state index in [4.69, 9.17) is 5.73 Å². The fourth-order valence-electron chi connectivity index (χ4n) is 2.11. The van der Waals surface area contributed by atoms with Crippen molar-refractivity contribution in [3.8, 4) is 0 Å². The third-order valence-electron chi connectivity index (χ3n) is 3.10. The van der Waals surface area contributed by atoms with Gasteiger partial charge < -0.3 is 15.5 Å². The van der Waals surface area contributed by atoms with Crippen LogP contribution in [-0.4, -0.2) is 43.0 Å². The van der Waals surface area contributed by atoms with E-state index in [0.29, 0.717) is 0 Å². The smallest absolute Gasteiger partial charge is 0.239 e. The number of halogens is 1. The van der Waals surface area contributed by atoms with Crippen LogP contribution in [0.2, 0.25) is 0 Å².